The van der Waals surface area contributed by atoms with Crippen molar-refractivity contribution >= 4 is 11.9 Å². The van der Waals surface area contributed by atoms with Crippen LogP contribution < -0.4 is 0 Å². The topological polar surface area (TPSA) is 231 Å². The standard InChI is InChI=1S/C50H84O15/c1-3-5-7-9-11-13-15-16-17-18-19-20-21-22-23-25-26-28-30-32-41(52)60-35-38(63-42(53)33-31-29-27-24-14-12-10-8-6-4-2)36-61-49-48(59)46(57)44(55)40(65-49)37-62-50-47(58)45(56)43(54)39(34-51)64-50/h11,13,16-17,19-20,22-23,26,28,38-40,43-51,54-59H,3-10,12,14-15,18,21,24-25,27,29-37H2,1-2H3/b13-11+,17-16+,20-19+,23-22+,28-26+/t38-,39+,40+,43-,44-,45?,46?,47?,48?,49+,50+/m1/s1. The van der Waals surface area contributed by atoms with Gasteiger partial charge < -0.3 is 64.2 Å². The predicted octanol–water partition coefficient (Wildman–Crippen LogP) is 6.10. The van der Waals surface area contributed by atoms with E-state index in [-0.39, 0.29) is 19.4 Å². The molecule has 2 heterocycles. The lowest BCUT2D eigenvalue weighted by molar-refractivity contribution is -0.332. The number of hydrogen-bond donors (Lipinski definition) is 7. The Hall–Kier alpha value is -2.80. The van der Waals surface area contributed by atoms with Gasteiger partial charge in [0.05, 0.1) is 19.8 Å². The molecule has 11 atom stereocenters. The zero-order valence-electron chi connectivity index (χ0n) is 39.2. The monoisotopic (exact) mass is 925 g/mol. The van der Waals surface area contributed by atoms with E-state index < -0.39 is 99.3 Å². The first kappa shape index (κ1) is 58.3. The van der Waals surface area contributed by atoms with Gasteiger partial charge in [0.1, 0.15) is 55.4 Å². The Kier molecular flexibility index (Phi) is 33.4. The highest BCUT2D eigenvalue weighted by Gasteiger charge is 2.47. The van der Waals surface area contributed by atoms with Crippen LogP contribution in [0.15, 0.2) is 60.8 Å². The van der Waals surface area contributed by atoms with Crippen molar-refractivity contribution < 1.29 is 73.8 Å². The van der Waals surface area contributed by atoms with Gasteiger partial charge in [-0.05, 0) is 51.4 Å². The summed E-state index contributed by atoms with van der Waals surface area (Å²) in [5.74, 6) is -1.03. The van der Waals surface area contributed by atoms with Gasteiger partial charge in [-0.25, -0.2) is 0 Å². The summed E-state index contributed by atoms with van der Waals surface area (Å²) < 4.78 is 33.4. The molecule has 65 heavy (non-hydrogen) atoms. The van der Waals surface area contributed by atoms with Crippen molar-refractivity contribution in [3.63, 3.8) is 0 Å². The molecule has 2 aliphatic rings. The van der Waals surface area contributed by atoms with Crippen LogP contribution in [0.3, 0.4) is 0 Å². The summed E-state index contributed by atoms with van der Waals surface area (Å²) in [6.07, 6.45) is 24.2. The van der Waals surface area contributed by atoms with Crippen LogP contribution in [0.5, 0.6) is 0 Å². The van der Waals surface area contributed by atoms with E-state index in [9.17, 15) is 45.3 Å². The molecule has 15 heteroatoms. The van der Waals surface area contributed by atoms with Gasteiger partial charge in [0.2, 0.25) is 0 Å². The summed E-state index contributed by atoms with van der Waals surface area (Å²) in [6, 6.07) is 0. The molecule has 15 nitrogen and oxygen atoms in total. The maximum Gasteiger partial charge on any atom is 0.306 e. The Morgan fingerprint density at radius 3 is 1.51 bits per heavy atom. The average Bonchev–Trinajstić information content (AvgIpc) is 3.30. The number of rotatable bonds is 36. The summed E-state index contributed by atoms with van der Waals surface area (Å²) in [5.41, 5.74) is 0. The Labute approximate surface area is 388 Å². The molecule has 0 amide bonds. The van der Waals surface area contributed by atoms with Crippen molar-refractivity contribution in [3.8, 4) is 0 Å². The summed E-state index contributed by atoms with van der Waals surface area (Å²) in [5, 5.41) is 71.9. The van der Waals surface area contributed by atoms with E-state index in [0.29, 0.717) is 12.8 Å². The third-order valence-corrected chi connectivity index (χ3v) is 11.3. The van der Waals surface area contributed by atoms with Crippen molar-refractivity contribution in [2.24, 2.45) is 0 Å². The Morgan fingerprint density at radius 1 is 0.492 bits per heavy atom. The smallest absolute Gasteiger partial charge is 0.306 e. The Balaban J connectivity index is 1.84. The molecule has 0 saturated carbocycles. The minimum absolute atomic E-state index is 0.0932. The Bertz CT molecular complexity index is 1370. The molecule has 374 valence electrons. The number of unbranched alkanes of at least 4 members (excludes halogenated alkanes) is 12. The summed E-state index contributed by atoms with van der Waals surface area (Å²) >= 11 is 0. The number of carbonyl (C=O) groups excluding carboxylic acids is 2. The molecule has 2 saturated heterocycles. The fourth-order valence-corrected chi connectivity index (χ4v) is 7.20. The zero-order chi connectivity index (χ0) is 47.5. The molecule has 0 aliphatic carbocycles. The molecule has 2 fully saturated rings. The van der Waals surface area contributed by atoms with Gasteiger partial charge in [-0.15, -0.1) is 0 Å². The number of ether oxygens (including phenoxy) is 6. The lowest BCUT2D eigenvalue weighted by Crippen LogP contribution is -2.61. The number of aliphatic hydroxyl groups is 7. The molecule has 0 aromatic carbocycles. The number of hydrogen-bond acceptors (Lipinski definition) is 15. The quantitative estimate of drug-likeness (QED) is 0.0214. The fourth-order valence-electron chi connectivity index (χ4n) is 7.20. The summed E-state index contributed by atoms with van der Waals surface area (Å²) in [6.45, 7) is 2.44. The second-order valence-electron chi connectivity index (χ2n) is 16.9. The van der Waals surface area contributed by atoms with Crippen LogP contribution in [0.25, 0.3) is 0 Å². The summed E-state index contributed by atoms with van der Waals surface area (Å²) in [4.78, 5) is 25.6. The van der Waals surface area contributed by atoms with Gasteiger partial charge in [-0.2, -0.15) is 0 Å². The van der Waals surface area contributed by atoms with E-state index in [4.69, 9.17) is 28.4 Å². The highest BCUT2D eigenvalue weighted by Crippen LogP contribution is 2.26. The van der Waals surface area contributed by atoms with Crippen molar-refractivity contribution in [2.45, 2.75) is 216 Å². The van der Waals surface area contributed by atoms with Crippen LogP contribution in [0.1, 0.15) is 149 Å². The van der Waals surface area contributed by atoms with E-state index in [2.05, 4.69) is 62.5 Å². The second kappa shape index (κ2) is 37.2. The van der Waals surface area contributed by atoms with Crippen LogP contribution in [-0.4, -0.2) is 142 Å². The maximum absolute atomic E-state index is 12.9. The highest BCUT2D eigenvalue weighted by molar-refractivity contribution is 5.70. The maximum atomic E-state index is 12.9. The zero-order valence-corrected chi connectivity index (χ0v) is 39.2. The Morgan fingerprint density at radius 2 is 0.954 bits per heavy atom. The van der Waals surface area contributed by atoms with Crippen molar-refractivity contribution in [2.75, 3.05) is 26.4 Å². The number of allylic oxidation sites excluding steroid dienone is 10. The molecule has 2 rings (SSSR count). The van der Waals surface area contributed by atoms with Crippen LogP contribution in [0.2, 0.25) is 0 Å². The van der Waals surface area contributed by atoms with Gasteiger partial charge >= 0.3 is 11.9 Å². The minimum atomic E-state index is -1.78. The van der Waals surface area contributed by atoms with Crippen LogP contribution >= 0.6 is 0 Å². The third-order valence-electron chi connectivity index (χ3n) is 11.3. The molecule has 0 radical (unpaired) electrons. The van der Waals surface area contributed by atoms with E-state index in [0.717, 1.165) is 51.4 Å². The van der Waals surface area contributed by atoms with Crippen molar-refractivity contribution in [1.82, 2.24) is 0 Å². The molecule has 7 N–H and O–H groups in total. The number of carbonyl (C=O) groups is 2. The third kappa shape index (κ3) is 25.8. The fraction of sp³-hybridized carbons (Fsp3) is 0.760. The first-order valence-electron chi connectivity index (χ1n) is 24.4. The summed E-state index contributed by atoms with van der Waals surface area (Å²) in [7, 11) is 0. The van der Waals surface area contributed by atoms with Gasteiger partial charge in [-0.1, -0.05) is 145 Å². The first-order chi connectivity index (χ1) is 31.5. The first-order valence-corrected chi connectivity index (χ1v) is 24.4. The van der Waals surface area contributed by atoms with Gasteiger partial charge in [0.15, 0.2) is 18.7 Å². The van der Waals surface area contributed by atoms with Crippen LogP contribution in [0.4, 0.5) is 0 Å². The molecule has 0 spiro atoms. The molecular weight excluding hydrogens is 841 g/mol. The van der Waals surface area contributed by atoms with Crippen molar-refractivity contribution in [3.05, 3.63) is 60.8 Å². The van der Waals surface area contributed by atoms with Gasteiger partial charge in [-0.3, -0.25) is 9.59 Å². The van der Waals surface area contributed by atoms with E-state index in [1.807, 2.05) is 12.2 Å². The molecule has 0 aromatic heterocycles. The normalized spacial score (nSPS) is 26.9. The minimum Gasteiger partial charge on any atom is -0.462 e. The van der Waals surface area contributed by atoms with Gasteiger partial charge in [0.25, 0.3) is 0 Å². The van der Waals surface area contributed by atoms with Gasteiger partial charge in [0, 0.05) is 12.8 Å². The van der Waals surface area contributed by atoms with E-state index >= 15 is 0 Å². The molecule has 0 aromatic rings. The second-order valence-corrected chi connectivity index (χ2v) is 16.9. The molecule has 2 aliphatic heterocycles. The molecule has 4 unspecified atom stereocenters. The molecular formula is C50H84O15. The lowest BCUT2D eigenvalue weighted by atomic mass is 9.98. The van der Waals surface area contributed by atoms with Crippen LogP contribution in [0, 0.1) is 0 Å². The van der Waals surface area contributed by atoms with Crippen molar-refractivity contribution in [1.29, 1.82) is 0 Å². The predicted molar refractivity (Wildman–Crippen MR) is 247 cm³/mol. The average molecular weight is 925 g/mol. The highest BCUT2D eigenvalue weighted by atomic mass is 16.7. The number of esters is 2. The molecule has 0 bridgehead atoms. The SMILES string of the molecule is CCCCC/C=C/C/C=C/C/C=C/C/C=C/C/C=C/CCC(=O)OC[C@H](CO[C@H]1O[C@@H](CO[C@H]2O[C@@H](CO)[C@@H](O)C(O)C2O)[C@@H](O)C(O)C1O)OC(=O)CCCCCCCCCCCC. The lowest BCUT2D eigenvalue weighted by Gasteiger charge is -2.42. The largest absolute Gasteiger partial charge is 0.462 e. The number of aliphatic hydroxyl groups excluding tert-OH is 7. The van der Waals surface area contributed by atoms with E-state index in [1.54, 1.807) is 0 Å². The van der Waals surface area contributed by atoms with E-state index in [1.165, 1.54) is 57.8 Å². The van der Waals surface area contributed by atoms with Crippen LogP contribution in [-0.2, 0) is 38.0 Å².